The van der Waals surface area contributed by atoms with Gasteiger partial charge in [0.1, 0.15) is 23.2 Å². The van der Waals surface area contributed by atoms with Gasteiger partial charge in [-0.1, -0.05) is 18.2 Å². The standard InChI is InChI=1S/C20H19N5O2/c1-2-6-16-15(5-1)17-18(27-16)19(24-13-23-17)22-12-14-4-3-7-21-20(14)25-8-10-26-11-9-25/h1-7,13H,8-12H2,(H,22,23,24). The lowest BCUT2D eigenvalue weighted by molar-refractivity contribution is 0.122. The second-order valence-corrected chi connectivity index (χ2v) is 6.44. The molecule has 1 N–H and O–H groups in total. The molecule has 0 radical (unpaired) electrons. The van der Waals surface area contributed by atoms with Gasteiger partial charge in [-0.2, -0.15) is 0 Å². The number of pyridine rings is 1. The topological polar surface area (TPSA) is 76.3 Å². The number of para-hydroxylation sites is 1. The lowest BCUT2D eigenvalue weighted by Crippen LogP contribution is -2.37. The van der Waals surface area contributed by atoms with Gasteiger partial charge < -0.3 is 19.4 Å². The van der Waals surface area contributed by atoms with Crippen molar-refractivity contribution >= 4 is 33.7 Å². The average molecular weight is 361 g/mol. The molecule has 0 atom stereocenters. The van der Waals surface area contributed by atoms with Gasteiger partial charge in [0.25, 0.3) is 0 Å². The van der Waals surface area contributed by atoms with Crippen LogP contribution in [0.3, 0.4) is 0 Å². The summed E-state index contributed by atoms with van der Waals surface area (Å²) in [5.74, 6) is 1.68. The maximum atomic E-state index is 5.99. The molecule has 4 heterocycles. The van der Waals surface area contributed by atoms with Crippen molar-refractivity contribution in [2.24, 2.45) is 0 Å². The molecule has 0 amide bonds. The molecular weight excluding hydrogens is 342 g/mol. The first kappa shape index (κ1) is 16.0. The number of ether oxygens (including phenoxy) is 1. The van der Waals surface area contributed by atoms with Gasteiger partial charge in [-0.05, 0) is 18.2 Å². The van der Waals surface area contributed by atoms with E-state index in [9.17, 15) is 0 Å². The van der Waals surface area contributed by atoms with Gasteiger partial charge in [-0.3, -0.25) is 0 Å². The molecule has 27 heavy (non-hydrogen) atoms. The molecule has 0 aliphatic carbocycles. The molecule has 0 unspecified atom stereocenters. The largest absolute Gasteiger partial charge is 0.450 e. The minimum Gasteiger partial charge on any atom is -0.450 e. The van der Waals surface area contributed by atoms with Crippen LogP contribution in [0.1, 0.15) is 5.56 Å². The number of rotatable bonds is 4. The number of anilines is 2. The van der Waals surface area contributed by atoms with Crippen molar-refractivity contribution in [2.45, 2.75) is 6.54 Å². The third-order valence-electron chi connectivity index (χ3n) is 4.78. The molecule has 5 rings (SSSR count). The second kappa shape index (κ2) is 6.85. The van der Waals surface area contributed by atoms with E-state index < -0.39 is 0 Å². The SMILES string of the molecule is c1cnc(N2CCOCC2)c(CNc2ncnc3c2oc2ccccc23)c1. The van der Waals surface area contributed by atoms with Crippen LogP contribution >= 0.6 is 0 Å². The van der Waals surface area contributed by atoms with Crippen molar-refractivity contribution in [3.05, 3.63) is 54.5 Å². The van der Waals surface area contributed by atoms with E-state index in [0.29, 0.717) is 17.9 Å². The van der Waals surface area contributed by atoms with Gasteiger partial charge in [0.15, 0.2) is 11.4 Å². The minimum atomic E-state index is 0.601. The smallest absolute Gasteiger partial charge is 0.196 e. The van der Waals surface area contributed by atoms with Gasteiger partial charge >= 0.3 is 0 Å². The van der Waals surface area contributed by atoms with Gasteiger partial charge in [0.05, 0.1) is 13.2 Å². The van der Waals surface area contributed by atoms with Crippen LogP contribution in [0.4, 0.5) is 11.6 Å². The molecule has 1 aliphatic rings. The predicted octanol–water partition coefficient (Wildman–Crippen LogP) is 3.22. The van der Waals surface area contributed by atoms with Gasteiger partial charge in [-0.25, -0.2) is 15.0 Å². The van der Waals surface area contributed by atoms with Crippen LogP contribution in [0, 0.1) is 0 Å². The molecule has 0 saturated carbocycles. The summed E-state index contributed by atoms with van der Waals surface area (Å²) in [6.45, 7) is 3.77. The summed E-state index contributed by atoms with van der Waals surface area (Å²) in [7, 11) is 0. The fourth-order valence-electron chi connectivity index (χ4n) is 3.46. The number of furan rings is 1. The van der Waals surface area contributed by atoms with Crippen LogP contribution in [-0.4, -0.2) is 41.3 Å². The molecule has 0 bridgehead atoms. The molecule has 7 heteroatoms. The quantitative estimate of drug-likeness (QED) is 0.598. The van der Waals surface area contributed by atoms with Crippen molar-refractivity contribution in [3.63, 3.8) is 0 Å². The Morgan fingerprint density at radius 1 is 1.00 bits per heavy atom. The highest BCUT2D eigenvalue weighted by Gasteiger charge is 2.17. The zero-order chi connectivity index (χ0) is 18.1. The van der Waals surface area contributed by atoms with Crippen molar-refractivity contribution in [1.82, 2.24) is 15.0 Å². The molecule has 136 valence electrons. The minimum absolute atomic E-state index is 0.601. The van der Waals surface area contributed by atoms with Crippen molar-refractivity contribution < 1.29 is 9.15 Å². The summed E-state index contributed by atoms with van der Waals surface area (Å²) >= 11 is 0. The summed E-state index contributed by atoms with van der Waals surface area (Å²) < 4.78 is 11.4. The molecular formula is C20H19N5O2. The molecule has 1 fully saturated rings. The van der Waals surface area contributed by atoms with E-state index >= 15 is 0 Å². The number of nitrogens with zero attached hydrogens (tertiary/aromatic N) is 4. The average Bonchev–Trinajstić information content (AvgIpc) is 3.12. The van der Waals surface area contributed by atoms with Crippen LogP contribution in [0.5, 0.6) is 0 Å². The number of hydrogen-bond acceptors (Lipinski definition) is 7. The Labute approximate surface area is 156 Å². The lowest BCUT2D eigenvalue weighted by Gasteiger charge is -2.29. The maximum absolute atomic E-state index is 5.99. The van der Waals surface area contributed by atoms with E-state index in [0.717, 1.165) is 54.2 Å². The Morgan fingerprint density at radius 3 is 2.81 bits per heavy atom. The normalized spacial score (nSPS) is 14.7. The van der Waals surface area contributed by atoms with Crippen LogP contribution in [0.15, 0.2) is 53.3 Å². The number of fused-ring (bicyclic) bond motifs is 3. The van der Waals surface area contributed by atoms with Crippen LogP contribution < -0.4 is 10.2 Å². The molecule has 7 nitrogen and oxygen atoms in total. The zero-order valence-electron chi connectivity index (χ0n) is 14.8. The van der Waals surface area contributed by atoms with E-state index in [-0.39, 0.29) is 0 Å². The molecule has 1 aromatic carbocycles. The number of benzene rings is 1. The first-order chi connectivity index (χ1) is 13.4. The Morgan fingerprint density at radius 2 is 1.89 bits per heavy atom. The number of nitrogens with one attached hydrogen (secondary N) is 1. The Bertz CT molecular complexity index is 1090. The maximum Gasteiger partial charge on any atom is 0.196 e. The molecule has 3 aromatic heterocycles. The molecule has 0 spiro atoms. The van der Waals surface area contributed by atoms with Gasteiger partial charge in [0.2, 0.25) is 0 Å². The van der Waals surface area contributed by atoms with Gasteiger partial charge in [-0.15, -0.1) is 0 Å². The summed E-state index contributed by atoms with van der Waals surface area (Å²) in [5, 5.41) is 4.40. The van der Waals surface area contributed by atoms with E-state index in [4.69, 9.17) is 9.15 Å². The number of hydrogen-bond donors (Lipinski definition) is 1. The van der Waals surface area contributed by atoms with E-state index in [1.54, 1.807) is 6.33 Å². The highest BCUT2D eigenvalue weighted by atomic mass is 16.5. The fraction of sp³-hybridized carbons (Fsp3) is 0.250. The number of aromatic nitrogens is 3. The van der Waals surface area contributed by atoms with Crippen molar-refractivity contribution in [2.75, 3.05) is 36.5 Å². The third-order valence-corrected chi connectivity index (χ3v) is 4.78. The van der Waals surface area contributed by atoms with Crippen LogP contribution in [-0.2, 0) is 11.3 Å². The first-order valence-electron chi connectivity index (χ1n) is 9.03. The monoisotopic (exact) mass is 361 g/mol. The fourth-order valence-corrected chi connectivity index (χ4v) is 3.46. The molecule has 4 aromatic rings. The van der Waals surface area contributed by atoms with Crippen molar-refractivity contribution in [1.29, 1.82) is 0 Å². The lowest BCUT2D eigenvalue weighted by atomic mass is 10.2. The highest BCUT2D eigenvalue weighted by Crippen LogP contribution is 2.30. The van der Waals surface area contributed by atoms with Crippen LogP contribution in [0.2, 0.25) is 0 Å². The summed E-state index contributed by atoms with van der Waals surface area (Å²) in [4.78, 5) is 15.6. The van der Waals surface area contributed by atoms with Crippen LogP contribution in [0.25, 0.3) is 22.1 Å². The summed E-state index contributed by atoms with van der Waals surface area (Å²) in [5.41, 5.74) is 3.42. The Kier molecular flexibility index (Phi) is 4.06. The van der Waals surface area contributed by atoms with E-state index in [2.05, 4.69) is 31.2 Å². The Hall–Kier alpha value is -3.19. The van der Waals surface area contributed by atoms with E-state index in [1.807, 2.05) is 36.5 Å². The highest BCUT2D eigenvalue weighted by molar-refractivity contribution is 6.05. The predicted molar refractivity (Wildman–Crippen MR) is 104 cm³/mol. The Balaban J connectivity index is 1.45. The first-order valence-corrected chi connectivity index (χ1v) is 9.03. The van der Waals surface area contributed by atoms with Gasteiger partial charge in [0, 0.05) is 36.8 Å². The zero-order valence-corrected chi connectivity index (χ0v) is 14.8. The van der Waals surface area contributed by atoms with E-state index in [1.165, 1.54) is 0 Å². The summed E-state index contributed by atoms with van der Waals surface area (Å²) in [6, 6.07) is 11.9. The molecule has 1 aliphatic heterocycles. The molecule has 1 saturated heterocycles. The summed E-state index contributed by atoms with van der Waals surface area (Å²) in [6.07, 6.45) is 3.40. The second-order valence-electron chi connectivity index (χ2n) is 6.44. The van der Waals surface area contributed by atoms with Crippen molar-refractivity contribution in [3.8, 4) is 0 Å². The third kappa shape index (κ3) is 2.96. The number of morpholine rings is 1.